The van der Waals surface area contributed by atoms with Crippen molar-refractivity contribution < 1.29 is 9.18 Å². The third-order valence-electron chi connectivity index (χ3n) is 6.06. The fraction of sp³-hybridized carbons (Fsp3) is 0.450. The van der Waals surface area contributed by atoms with Gasteiger partial charge in [0.05, 0.1) is 16.8 Å². The molecule has 1 N–H and O–H groups in total. The molecule has 0 aliphatic heterocycles. The van der Waals surface area contributed by atoms with E-state index < -0.39 is 5.41 Å². The number of nitrogens with zero attached hydrogens (tertiary/aromatic N) is 2. The van der Waals surface area contributed by atoms with Crippen molar-refractivity contribution in [2.24, 2.45) is 5.92 Å². The van der Waals surface area contributed by atoms with Gasteiger partial charge < -0.3 is 5.32 Å². The molecule has 25 heavy (non-hydrogen) atoms. The second kappa shape index (κ2) is 5.35. The second-order valence-electron chi connectivity index (χ2n) is 7.69. The first-order valence-electron chi connectivity index (χ1n) is 9.09. The summed E-state index contributed by atoms with van der Waals surface area (Å²) in [4.78, 5) is 12.9. The summed E-state index contributed by atoms with van der Waals surface area (Å²) in [5.41, 5.74) is 2.40. The van der Waals surface area contributed by atoms with Crippen molar-refractivity contribution in [3.05, 3.63) is 47.4 Å². The van der Waals surface area contributed by atoms with Gasteiger partial charge in [-0.3, -0.25) is 4.79 Å². The van der Waals surface area contributed by atoms with Gasteiger partial charge in [-0.05, 0) is 67.7 Å². The van der Waals surface area contributed by atoms with Gasteiger partial charge in [0.25, 0.3) is 0 Å². The largest absolute Gasteiger partial charge is 0.355 e. The summed E-state index contributed by atoms with van der Waals surface area (Å²) in [5.74, 6) is 0.807. The molecule has 1 aromatic heterocycles. The topological polar surface area (TPSA) is 54.9 Å². The molecule has 1 aromatic carbocycles. The van der Waals surface area contributed by atoms with E-state index >= 15 is 0 Å². The number of halogens is 1. The zero-order chi connectivity index (χ0) is 17.0. The molecule has 1 heterocycles. The van der Waals surface area contributed by atoms with Gasteiger partial charge in [-0.1, -0.05) is 12.1 Å². The summed E-state index contributed by atoms with van der Waals surface area (Å²) in [5, 5.41) is 11.8. The van der Waals surface area contributed by atoms with Crippen molar-refractivity contribution in [2.75, 3.05) is 6.54 Å². The number of hydrogen-bond acceptors (Lipinski definition) is 3. The molecule has 0 saturated heterocycles. The zero-order valence-corrected chi connectivity index (χ0v) is 14.0. The van der Waals surface area contributed by atoms with E-state index in [1.54, 1.807) is 18.2 Å². The van der Waals surface area contributed by atoms with Crippen molar-refractivity contribution in [1.82, 2.24) is 15.5 Å². The molecule has 5 rings (SSSR count). The normalized spacial score (nSPS) is 26.5. The molecule has 0 unspecified atom stereocenters. The number of amides is 1. The molecule has 2 aromatic rings. The van der Waals surface area contributed by atoms with E-state index in [-0.39, 0.29) is 11.7 Å². The maximum absolute atomic E-state index is 14.1. The number of carbonyl (C=O) groups is 1. The number of aromatic nitrogens is 2. The van der Waals surface area contributed by atoms with Gasteiger partial charge in [0.1, 0.15) is 5.82 Å². The molecule has 1 amide bonds. The standard InChI is InChI=1S/C20H20FN3O/c21-16-4-2-1-3-14(16)17-9-15-13-7-8-20(10-13,18(15)24-23-17)19(25)22-11-12-5-6-12/h1-4,9,12-13H,5-8,10-11H2,(H,22,25)/t13-,20-/m0/s1. The SMILES string of the molecule is O=C(NCC1CC1)[C@@]12CC[C@@H](C1)c1cc(-c3ccccc3F)nnc12. The van der Waals surface area contributed by atoms with Crippen LogP contribution in [-0.4, -0.2) is 22.6 Å². The Morgan fingerprint density at radius 1 is 1.24 bits per heavy atom. The van der Waals surface area contributed by atoms with Gasteiger partial charge in [-0.25, -0.2) is 4.39 Å². The average Bonchev–Trinajstić information content (AvgIpc) is 3.28. The number of rotatable bonds is 4. The zero-order valence-electron chi connectivity index (χ0n) is 14.0. The maximum atomic E-state index is 14.1. The highest BCUT2D eigenvalue weighted by atomic mass is 19.1. The Morgan fingerprint density at radius 3 is 2.88 bits per heavy atom. The Balaban J connectivity index is 1.50. The highest BCUT2D eigenvalue weighted by Gasteiger charge is 2.55. The third kappa shape index (κ3) is 2.29. The van der Waals surface area contributed by atoms with Crippen molar-refractivity contribution in [2.45, 2.75) is 43.4 Å². The van der Waals surface area contributed by atoms with Crippen molar-refractivity contribution in [1.29, 1.82) is 0 Å². The first-order valence-corrected chi connectivity index (χ1v) is 9.09. The highest BCUT2D eigenvalue weighted by molar-refractivity contribution is 5.90. The lowest BCUT2D eigenvalue weighted by Gasteiger charge is -2.26. The van der Waals surface area contributed by atoms with E-state index in [2.05, 4.69) is 15.5 Å². The first kappa shape index (κ1) is 15.0. The van der Waals surface area contributed by atoms with Gasteiger partial charge in [-0.15, -0.1) is 0 Å². The van der Waals surface area contributed by atoms with Crippen LogP contribution in [0.3, 0.4) is 0 Å². The number of carbonyl (C=O) groups excluding carboxylic acids is 1. The fourth-order valence-corrected chi connectivity index (χ4v) is 4.46. The number of benzene rings is 1. The quantitative estimate of drug-likeness (QED) is 0.931. The van der Waals surface area contributed by atoms with Crippen LogP contribution in [-0.2, 0) is 10.2 Å². The summed E-state index contributed by atoms with van der Waals surface area (Å²) in [6.45, 7) is 0.779. The molecule has 2 atom stereocenters. The van der Waals surface area contributed by atoms with Crippen LogP contribution < -0.4 is 5.32 Å². The highest BCUT2D eigenvalue weighted by Crippen LogP contribution is 2.56. The molecule has 5 heteroatoms. The Labute approximate surface area is 145 Å². The molecular formula is C20H20FN3O. The minimum Gasteiger partial charge on any atom is -0.355 e. The van der Waals surface area contributed by atoms with E-state index in [0.717, 1.165) is 37.1 Å². The summed E-state index contributed by atoms with van der Waals surface area (Å²) in [6, 6.07) is 8.56. The minimum atomic E-state index is -0.518. The van der Waals surface area contributed by atoms with Crippen LogP contribution in [0.2, 0.25) is 0 Å². The van der Waals surface area contributed by atoms with Crippen LogP contribution in [0.1, 0.15) is 49.3 Å². The van der Waals surface area contributed by atoms with Gasteiger partial charge in [-0.2, -0.15) is 10.2 Å². The van der Waals surface area contributed by atoms with E-state index in [0.29, 0.717) is 23.1 Å². The fourth-order valence-electron chi connectivity index (χ4n) is 4.46. The van der Waals surface area contributed by atoms with Crippen LogP contribution >= 0.6 is 0 Å². The van der Waals surface area contributed by atoms with Crippen LogP contribution in [0, 0.1) is 11.7 Å². The van der Waals surface area contributed by atoms with E-state index in [1.165, 1.54) is 18.9 Å². The predicted octanol–water partition coefficient (Wildman–Crippen LogP) is 3.33. The predicted molar refractivity (Wildman–Crippen MR) is 91.4 cm³/mol. The van der Waals surface area contributed by atoms with Gasteiger partial charge in [0, 0.05) is 12.1 Å². The monoisotopic (exact) mass is 337 g/mol. The van der Waals surface area contributed by atoms with Crippen molar-refractivity contribution in [3.8, 4) is 11.3 Å². The Morgan fingerprint density at radius 2 is 2.08 bits per heavy atom. The Kier molecular flexibility index (Phi) is 3.21. The molecule has 3 aliphatic carbocycles. The van der Waals surface area contributed by atoms with Crippen molar-refractivity contribution in [3.63, 3.8) is 0 Å². The molecule has 0 spiro atoms. The van der Waals surface area contributed by atoms with Gasteiger partial charge in [0.2, 0.25) is 5.91 Å². The smallest absolute Gasteiger partial charge is 0.232 e. The minimum absolute atomic E-state index is 0.105. The van der Waals surface area contributed by atoms with Crippen LogP contribution in [0.15, 0.2) is 30.3 Å². The average molecular weight is 337 g/mol. The number of nitrogens with one attached hydrogen (secondary N) is 1. The lowest BCUT2D eigenvalue weighted by Crippen LogP contribution is -2.43. The van der Waals surface area contributed by atoms with Crippen LogP contribution in [0.5, 0.6) is 0 Å². The maximum Gasteiger partial charge on any atom is 0.232 e. The van der Waals surface area contributed by atoms with Gasteiger partial charge in [0.15, 0.2) is 0 Å². The second-order valence-corrected chi connectivity index (χ2v) is 7.69. The number of fused-ring (bicyclic) bond motifs is 5. The van der Waals surface area contributed by atoms with Gasteiger partial charge >= 0.3 is 0 Å². The molecular weight excluding hydrogens is 317 g/mol. The lowest BCUT2D eigenvalue weighted by molar-refractivity contribution is -0.126. The molecule has 2 bridgehead atoms. The third-order valence-corrected chi connectivity index (χ3v) is 6.06. The summed E-state index contributed by atoms with van der Waals surface area (Å²) < 4.78 is 14.1. The number of hydrogen-bond donors (Lipinski definition) is 1. The van der Waals surface area contributed by atoms with E-state index in [1.807, 2.05) is 6.07 Å². The summed E-state index contributed by atoms with van der Waals surface area (Å²) >= 11 is 0. The molecule has 128 valence electrons. The Bertz CT molecular complexity index is 864. The van der Waals surface area contributed by atoms with Crippen LogP contribution in [0.4, 0.5) is 4.39 Å². The molecule has 4 nitrogen and oxygen atoms in total. The lowest BCUT2D eigenvalue weighted by atomic mass is 9.82. The summed E-state index contributed by atoms with van der Waals surface area (Å²) in [7, 11) is 0. The molecule has 2 saturated carbocycles. The van der Waals surface area contributed by atoms with E-state index in [4.69, 9.17) is 0 Å². The summed E-state index contributed by atoms with van der Waals surface area (Å²) in [6.07, 6.45) is 5.09. The first-order chi connectivity index (χ1) is 12.2. The molecule has 0 radical (unpaired) electrons. The Hall–Kier alpha value is -2.30. The molecule has 3 aliphatic rings. The molecule has 2 fully saturated rings. The van der Waals surface area contributed by atoms with Crippen LogP contribution in [0.25, 0.3) is 11.3 Å². The van der Waals surface area contributed by atoms with Crippen molar-refractivity contribution >= 4 is 5.91 Å². The van der Waals surface area contributed by atoms with E-state index in [9.17, 15) is 9.18 Å².